The maximum Gasteiger partial charge on any atom is 0.325 e. The van der Waals surface area contributed by atoms with Gasteiger partial charge in [0.1, 0.15) is 17.7 Å². The Labute approximate surface area is 218 Å². The number of unbranched alkanes of at least 4 members (excludes halogenated alkanes) is 1. The van der Waals surface area contributed by atoms with Crippen molar-refractivity contribution < 1.29 is 23.8 Å². The van der Waals surface area contributed by atoms with Gasteiger partial charge in [-0.05, 0) is 92.7 Å². The summed E-state index contributed by atoms with van der Waals surface area (Å²) in [6, 6.07) is 7.90. The van der Waals surface area contributed by atoms with Crippen LogP contribution in [-0.4, -0.2) is 59.9 Å². The van der Waals surface area contributed by atoms with E-state index in [1.807, 2.05) is 4.90 Å². The Hall–Kier alpha value is -2.55. The van der Waals surface area contributed by atoms with Crippen molar-refractivity contribution in [2.24, 2.45) is 0 Å². The maximum atomic E-state index is 14.3. The molecule has 3 aliphatic rings. The van der Waals surface area contributed by atoms with Gasteiger partial charge in [-0.2, -0.15) is 0 Å². The van der Waals surface area contributed by atoms with E-state index in [1.54, 1.807) is 6.07 Å². The molecule has 3 aliphatic heterocycles. The van der Waals surface area contributed by atoms with Crippen molar-refractivity contribution >= 4 is 11.8 Å². The lowest BCUT2D eigenvalue weighted by Gasteiger charge is -2.30. The number of hydrogen-bond acceptors (Lipinski definition) is 6. The molecule has 7 nitrogen and oxygen atoms in total. The molecule has 2 saturated heterocycles. The third kappa shape index (κ3) is 6.48. The molecular formula is C29H38FN3O4. The Balaban J connectivity index is 1.13. The number of benzene rings is 1. The van der Waals surface area contributed by atoms with Gasteiger partial charge in [0.05, 0.1) is 12.2 Å². The third-order valence-corrected chi connectivity index (χ3v) is 7.78. The van der Waals surface area contributed by atoms with Crippen LogP contribution in [0.3, 0.4) is 0 Å². The van der Waals surface area contributed by atoms with Crippen LogP contribution < -0.4 is 5.32 Å². The average Bonchev–Trinajstić information content (AvgIpc) is 3.37. The normalized spacial score (nSPS) is 22.8. The Morgan fingerprint density at radius 2 is 2.14 bits per heavy atom. The molecule has 2 fully saturated rings. The Bertz CT molecular complexity index is 1080. The first-order chi connectivity index (χ1) is 18.1. The maximum absolute atomic E-state index is 14.3. The molecule has 1 aromatic carbocycles. The molecule has 0 aliphatic carbocycles. The summed E-state index contributed by atoms with van der Waals surface area (Å²) in [5.74, 6) is -0.345. The lowest BCUT2D eigenvalue weighted by molar-refractivity contribution is -0.143. The van der Waals surface area contributed by atoms with Gasteiger partial charge in [0.2, 0.25) is 0 Å². The molecule has 1 unspecified atom stereocenters. The number of pyridine rings is 1. The van der Waals surface area contributed by atoms with Crippen molar-refractivity contribution in [3.8, 4) is 0 Å². The Morgan fingerprint density at radius 1 is 1.22 bits per heavy atom. The Morgan fingerprint density at radius 3 is 2.97 bits per heavy atom. The van der Waals surface area contributed by atoms with Crippen molar-refractivity contribution in [3.05, 3.63) is 58.5 Å². The van der Waals surface area contributed by atoms with Crippen LogP contribution in [0.5, 0.6) is 0 Å². The second-order valence-corrected chi connectivity index (χ2v) is 10.4. The number of likely N-dealkylation sites (tertiary alicyclic amines) is 1. The molecule has 200 valence electrons. The molecule has 3 atom stereocenters. The molecule has 0 bridgehead atoms. The quantitative estimate of drug-likeness (QED) is 0.432. The van der Waals surface area contributed by atoms with Crippen molar-refractivity contribution in [2.75, 3.05) is 38.2 Å². The van der Waals surface area contributed by atoms with Gasteiger partial charge >= 0.3 is 5.97 Å². The van der Waals surface area contributed by atoms with E-state index in [4.69, 9.17) is 14.5 Å². The van der Waals surface area contributed by atoms with Crippen LogP contribution in [0.15, 0.2) is 30.3 Å². The molecule has 4 heterocycles. The third-order valence-electron chi connectivity index (χ3n) is 7.78. The number of ether oxygens (including phenoxy) is 2. The minimum Gasteiger partial charge on any atom is -0.480 e. The number of rotatable bonds is 10. The molecular weight excluding hydrogens is 473 g/mol. The molecule has 2 aromatic rings. The summed E-state index contributed by atoms with van der Waals surface area (Å²) in [4.78, 5) is 19.1. The first-order valence-electron chi connectivity index (χ1n) is 13.8. The summed E-state index contributed by atoms with van der Waals surface area (Å²) >= 11 is 0. The van der Waals surface area contributed by atoms with Crippen LogP contribution in [0.25, 0.3) is 0 Å². The standard InChI is InChI=1S/C29H38FN3O4/c30-21-10-12-24(26-8-2-4-17-37-26)25(18-21)27(29(34)35)33-15-13-23(19-33)36-16-3-1-7-22-11-9-20-6-5-14-31-28(20)32-22/h9-12,18,23,26-27H,1-8,13-17,19H2,(H,31,32)(H,34,35)/t23-,26?,27-/m1/s1. The van der Waals surface area contributed by atoms with Gasteiger partial charge in [-0.3, -0.25) is 9.69 Å². The second kappa shape index (κ2) is 12.3. The largest absolute Gasteiger partial charge is 0.480 e. The number of aliphatic carboxylic acids is 1. The average molecular weight is 512 g/mol. The van der Waals surface area contributed by atoms with Crippen LogP contribution in [0.4, 0.5) is 10.2 Å². The highest BCUT2D eigenvalue weighted by Gasteiger charge is 2.36. The van der Waals surface area contributed by atoms with Gasteiger partial charge in [0.25, 0.3) is 0 Å². The van der Waals surface area contributed by atoms with Crippen LogP contribution in [0.2, 0.25) is 0 Å². The van der Waals surface area contributed by atoms with E-state index >= 15 is 0 Å². The molecule has 0 radical (unpaired) electrons. The van der Waals surface area contributed by atoms with Crippen LogP contribution >= 0.6 is 0 Å². The molecule has 2 N–H and O–H groups in total. The molecule has 0 amide bonds. The first-order valence-corrected chi connectivity index (χ1v) is 13.8. The number of nitrogens with zero attached hydrogens (tertiary/aromatic N) is 2. The van der Waals surface area contributed by atoms with Gasteiger partial charge in [0, 0.05) is 38.5 Å². The minimum atomic E-state index is -0.963. The molecule has 0 spiro atoms. The predicted molar refractivity (Wildman–Crippen MR) is 139 cm³/mol. The number of anilines is 1. The van der Waals surface area contributed by atoms with Crippen LogP contribution in [0.1, 0.15) is 79.5 Å². The van der Waals surface area contributed by atoms with Crippen molar-refractivity contribution in [2.45, 2.75) is 76.0 Å². The van der Waals surface area contributed by atoms with E-state index in [1.165, 1.54) is 17.7 Å². The zero-order valence-electron chi connectivity index (χ0n) is 21.5. The number of aryl methyl sites for hydroxylation is 2. The minimum absolute atomic E-state index is 0.0177. The number of aromatic nitrogens is 1. The van der Waals surface area contributed by atoms with E-state index in [0.717, 1.165) is 81.4 Å². The second-order valence-electron chi connectivity index (χ2n) is 10.4. The number of nitrogens with one attached hydrogen (secondary N) is 1. The molecule has 5 rings (SSSR count). The first kappa shape index (κ1) is 26.1. The fraction of sp³-hybridized carbons (Fsp3) is 0.586. The van der Waals surface area contributed by atoms with E-state index in [2.05, 4.69) is 17.4 Å². The number of fused-ring (bicyclic) bond motifs is 1. The van der Waals surface area contributed by atoms with Crippen molar-refractivity contribution in [1.82, 2.24) is 9.88 Å². The number of carbonyl (C=O) groups is 1. The molecule has 0 saturated carbocycles. The van der Waals surface area contributed by atoms with Crippen molar-refractivity contribution in [1.29, 1.82) is 0 Å². The summed E-state index contributed by atoms with van der Waals surface area (Å²) in [6.45, 7) is 3.41. The van der Waals surface area contributed by atoms with E-state index in [0.29, 0.717) is 31.9 Å². The molecule has 37 heavy (non-hydrogen) atoms. The lowest BCUT2D eigenvalue weighted by Crippen LogP contribution is -2.34. The number of halogens is 1. The van der Waals surface area contributed by atoms with Gasteiger partial charge in [-0.15, -0.1) is 0 Å². The highest BCUT2D eigenvalue weighted by Crippen LogP contribution is 2.36. The highest BCUT2D eigenvalue weighted by atomic mass is 19.1. The van der Waals surface area contributed by atoms with E-state index in [9.17, 15) is 14.3 Å². The summed E-state index contributed by atoms with van der Waals surface area (Å²) in [7, 11) is 0. The summed E-state index contributed by atoms with van der Waals surface area (Å²) < 4.78 is 26.3. The van der Waals surface area contributed by atoms with Crippen LogP contribution in [-0.2, 0) is 27.1 Å². The number of carboxylic acid groups (broad SMARTS) is 1. The summed E-state index contributed by atoms with van der Waals surface area (Å²) in [5, 5.41) is 13.5. The zero-order valence-corrected chi connectivity index (χ0v) is 21.5. The Kier molecular flexibility index (Phi) is 8.69. The summed E-state index contributed by atoms with van der Waals surface area (Å²) in [5.41, 5.74) is 3.72. The predicted octanol–water partition coefficient (Wildman–Crippen LogP) is 5.06. The monoisotopic (exact) mass is 511 g/mol. The fourth-order valence-electron chi connectivity index (χ4n) is 5.84. The SMILES string of the molecule is O=C(O)[C@@H](c1cc(F)ccc1C1CCCCO1)N1CC[C@@H](OCCCCc2ccc3c(n2)NCCC3)C1. The topological polar surface area (TPSA) is 83.9 Å². The molecule has 8 heteroatoms. The summed E-state index contributed by atoms with van der Waals surface area (Å²) in [6.07, 6.45) is 8.53. The van der Waals surface area contributed by atoms with Gasteiger partial charge in [-0.25, -0.2) is 9.37 Å². The molecule has 1 aromatic heterocycles. The fourth-order valence-corrected chi connectivity index (χ4v) is 5.84. The van der Waals surface area contributed by atoms with E-state index < -0.39 is 17.8 Å². The van der Waals surface area contributed by atoms with Crippen LogP contribution in [0, 0.1) is 5.82 Å². The van der Waals surface area contributed by atoms with Gasteiger partial charge < -0.3 is 19.9 Å². The number of carboxylic acids is 1. The highest BCUT2D eigenvalue weighted by molar-refractivity contribution is 5.76. The smallest absolute Gasteiger partial charge is 0.325 e. The van der Waals surface area contributed by atoms with Gasteiger partial charge in [-0.1, -0.05) is 12.1 Å². The van der Waals surface area contributed by atoms with E-state index in [-0.39, 0.29) is 12.2 Å². The van der Waals surface area contributed by atoms with Crippen molar-refractivity contribution in [3.63, 3.8) is 0 Å². The lowest BCUT2D eigenvalue weighted by atomic mass is 9.92. The van der Waals surface area contributed by atoms with Gasteiger partial charge in [0.15, 0.2) is 0 Å². The number of hydrogen-bond donors (Lipinski definition) is 2. The zero-order chi connectivity index (χ0) is 25.6.